The van der Waals surface area contributed by atoms with E-state index in [0.29, 0.717) is 4.48 Å². The maximum absolute atomic E-state index is 5.78. The van der Waals surface area contributed by atoms with E-state index in [1.807, 2.05) is 7.05 Å². The van der Waals surface area contributed by atoms with Gasteiger partial charge in [-0.1, -0.05) is 13.2 Å². The van der Waals surface area contributed by atoms with Gasteiger partial charge in [-0.15, -0.1) is 0 Å². The summed E-state index contributed by atoms with van der Waals surface area (Å²) in [5.41, 5.74) is 0. The van der Waals surface area contributed by atoms with Crippen LogP contribution in [0, 0.1) is 0 Å². The maximum Gasteiger partial charge on any atom is 0.241 e. The Morgan fingerprint density at radius 2 is 1.64 bits per heavy atom. The van der Waals surface area contributed by atoms with E-state index >= 15 is 0 Å². The van der Waals surface area contributed by atoms with Gasteiger partial charge in [0, 0.05) is 0 Å². The minimum Gasteiger partial charge on any atom is -0.291 e. The van der Waals surface area contributed by atoms with Crippen LogP contribution in [-0.4, -0.2) is 29.6 Å². The standard InChI is InChI=1S/C8H14Cl2N/c1-4-6-11(3,7-5-2)8(9)10/h4-5,8H,1-2,6-7H2,3H3/q+1. The summed E-state index contributed by atoms with van der Waals surface area (Å²) in [7, 11) is 1.97. The molecule has 64 valence electrons. The third-order valence-corrected chi connectivity index (χ3v) is 2.51. The minimum absolute atomic E-state index is 0.425. The van der Waals surface area contributed by atoms with Crippen LogP contribution in [0.5, 0.6) is 0 Å². The Kier molecular flexibility index (Phi) is 4.82. The molecule has 0 saturated carbocycles. The van der Waals surface area contributed by atoms with Gasteiger partial charge in [-0.05, 0) is 35.4 Å². The van der Waals surface area contributed by atoms with Crippen molar-refractivity contribution in [3.05, 3.63) is 25.3 Å². The number of hydrogen-bond donors (Lipinski definition) is 0. The molecule has 0 aromatic heterocycles. The second-order valence-corrected chi connectivity index (χ2v) is 3.75. The van der Waals surface area contributed by atoms with Crippen molar-refractivity contribution in [2.45, 2.75) is 4.96 Å². The summed E-state index contributed by atoms with van der Waals surface area (Å²) in [6.45, 7) is 8.79. The lowest BCUT2D eigenvalue weighted by Crippen LogP contribution is -2.47. The molecule has 0 aromatic rings. The predicted molar refractivity (Wildman–Crippen MR) is 51.8 cm³/mol. The number of halogens is 2. The first-order chi connectivity index (χ1) is 5.06. The summed E-state index contributed by atoms with van der Waals surface area (Å²) in [5.74, 6) is 0. The van der Waals surface area contributed by atoms with Crippen molar-refractivity contribution in [3.63, 3.8) is 0 Å². The molecule has 11 heavy (non-hydrogen) atoms. The van der Waals surface area contributed by atoms with E-state index < -0.39 is 4.96 Å². The number of rotatable bonds is 5. The van der Waals surface area contributed by atoms with E-state index in [0.717, 1.165) is 13.1 Å². The molecule has 0 aliphatic heterocycles. The molecule has 0 aromatic carbocycles. The van der Waals surface area contributed by atoms with Crippen LogP contribution < -0.4 is 0 Å². The number of quaternary nitrogens is 1. The Bertz CT molecular complexity index is 133. The van der Waals surface area contributed by atoms with Gasteiger partial charge in [0.15, 0.2) is 0 Å². The number of hydrogen-bond acceptors (Lipinski definition) is 0. The molecule has 0 unspecified atom stereocenters. The lowest BCUT2D eigenvalue weighted by molar-refractivity contribution is -0.898. The smallest absolute Gasteiger partial charge is 0.241 e. The molecular weight excluding hydrogens is 181 g/mol. The lowest BCUT2D eigenvalue weighted by atomic mass is 10.4. The number of alkyl halides is 2. The third-order valence-electron chi connectivity index (χ3n) is 1.56. The highest BCUT2D eigenvalue weighted by Crippen LogP contribution is 2.17. The quantitative estimate of drug-likeness (QED) is 0.274. The number of likely N-dealkylation sites (N-methyl/N-ethyl adjacent to an activating group) is 1. The lowest BCUT2D eigenvalue weighted by Gasteiger charge is -2.33. The second-order valence-electron chi connectivity index (χ2n) is 2.70. The van der Waals surface area contributed by atoms with Crippen molar-refractivity contribution in [2.24, 2.45) is 0 Å². The zero-order valence-electron chi connectivity index (χ0n) is 6.76. The number of nitrogens with zero attached hydrogens (tertiary/aromatic N) is 1. The first kappa shape index (κ1) is 11.0. The second kappa shape index (κ2) is 4.81. The van der Waals surface area contributed by atoms with Crippen molar-refractivity contribution in [3.8, 4) is 0 Å². The molecule has 0 bridgehead atoms. The largest absolute Gasteiger partial charge is 0.291 e. The topological polar surface area (TPSA) is 0 Å². The summed E-state index contributed by atoms with van der Waals surface area (Å²) in [6, 6.07) is 0. The summed E-state index contributed by atoms with van der Waals surface area (Å²) >= 11 is 11.6. The van der Waals surface area contributed by atoms with Gasteiger partial charge in [0.05, 0.1) is 20.1 Å². The van der Waals surface area contributed by atoms with Crippen LogP contribution in [0.3, 0.4) is 0 Å². The Labute approximate surface area is 78.5 Å². The maximum atomic E-state index is 5.78. The molecule has 0 amide bonds. The average molecular weight is 195 g/mol. The van der Waals surface area contributed by atoms with Crippen LogP contribution in [0.4, 0.5) is 0 Å². The van der Waals surface area contributed by atoms with Crippen molar-refractivity contribution < 1.29 is 4.48 Å². The molecule has 1 nitrogen and oxygen atoms in total. The van der Waals surface area contributed by atoms with Gasteiger partial charge in [0.2, 0.25) is 4.96 Å². The summed E-state index contributed by atoms with van der Waals surface area (Å²) < 4.78 is 0.538. The summed E-state index contributed by atoms with van der Waals surface area (Å²) in [5, 5.41) is 0. The van der Waals surface area contributed by atoms with E-state index in [-0.39, 0.29) is 0 Å². The Balaban J connectivity index is 4.23. The highest BCUT2D eigenvalue weighted by atomic mass is 35.5. The van der Waals surface area contributed by atoms with Gasteiger partial charge in [-0.3, -0.25) is 4.48 Å². The van der Waals surface area contributed by atoms with Crippen LogP contribution in [0.15, 0.2) is 25.3 Å². The van der Waals surface area contributed by atoms with Crippen LogP contribution in [0.2, 0.25) is 0 Å². The Hall–Kier alpha value is 0.0200. The van der Waals surface area contributed by atoms with E-state index in [1.165, 1.54) is 0 Å². The van der Waals surface area contributed by atoms with Crippen molar-refractivity contribution in [1.82, 2.24) is 0 Å². The predicted octanol–water partition coefficient (Wildman–Crippen LogP) is 2.57. The molecule has 0 aliphatic carbocycles. The van der Waals surface area contributed by atoms with Crippen molar-refractivity contribution in [1.29, 1.82) is 0 Å². The normalized spacial score (nSPS) is 11.6. The molecule has 0 radical (unpaired) electrons. The molecule has 0 aliphatic rings. The van der Waals surface area contributed by atoms with Crippen LogP contribution in [0.1, 0.15) is 0 Å². The monoisotopic (exact) mass is 194 g/mol. The molecule has 3 heteroatoms. The molecular formula is C8H14Cl2N+. The van der Waals surface area contributed by atoms with Crippen LogP contribution in [0.25, 0.3) is 0 Å². The van der Waals surface area contributed by atoms with Crippen molar-refractivity contribution in [2.75, 3.05) is 20.1 Å². The summed E-state index contributed by atoms with van der Waals surface area (Å²) in [6.07, 6.45) is 3.61. The first-order valence-corrected chi connectivity index (χ1v) is 4.28. The highest BCUT2D eigenvalue weighted by molar-refractivity contribution is 6.43. The summed E-state index contributed by atoms with van der Waals surface area (Å²) in [4.78, 5) is -0.425. The van der Waals surface area contributed by atoms with E-state index in [2.05, 4.69) is 13.2 Å². The van der Waals surface area contributed by atoms with E-state index in [9.17, 15) is 0 Å². The van der Waals surface area contributed by atoms with Crippen LogP contribution in [-0.2, 0) is 0 Å². The fraction of sp³-hybridized carbons (Fsp3) is 0.500. The molecule has 0 fully saturated rings. The minimum atomic E-state index is -0.425. The first-order valence-electron chi connectivity index (χ1n) is 3.41. The van der Waals surface area contributed by atoms with Crippen molar-refractivity contribution >= 4 is 23.2 Å². The van der Waals surface area contributed by atoms with Gasteiger partial charge in [0.25, 0.3) is 0 Å². The zero-order valence-corrected chi connectivity index (χ0v) is 8.28. The zero-order chi connectivity index (χ0) is 8.91. The van der Waals surface area contributed by atoms with E-state index in [4.69, 9.17) is 23.2 Å². The molecule has 0 spiro atoms. The molecule has 0 rings (SSSR count). The molecule has 0 atom stereocenters. The highest BCUT2D eigenvalue weighted by Gasteiger charge is 2.25. The Morgan fingerprint density at radius 1 is 1.27 bits per heavy atom. The molecule has 0 N–H and O–H groups in total. The third kappa shape index (κ3) is 3.28. The van der Waals surface area contributed by atoms with Gasteiger partial charge in [-0.25, -0.2) is 0 Å². The van der Waals surface area contributed by atoms with Gasteiger partial charge in [-0.2, -0.15) is 0 Å². The SMILES string of the molecule is C=CC[N+](C)(CC=C)C(Cl)Cl. The Morgan fingerprint density at radius 3 is 1.82 bits per heavy atom. The van der Waals surface area contributed by atoms with Crippen LogP contribution >= 0.6 is 23.2 Å². The fourth-order valence-electron chi connectivity index (χ4n) is 0.824. The van der Waals surface area contributed by atoms with Gasteiger partial charge >= 0.3 is 0 Å². The van der Waals surface area contributed by atoms with Gasteiger partial charge < -0.3 is 0 Å². The fourth-order valence-corrected chi connectivity index (χ4v) is 1.14. The van der Waals surface area contributed by atoms with E-state index in [1.54, 1.807) is 12.2 Å². The molecule has 0 saturated heterocycles. The average Bonchev–Trinajstić information content (AvgIpc) is 1.88. The van der Waals surface area contributed by atoms with Gasteiger partial charge in [0.1, 0.15) is 0 Å². The molecule has 0 heterocycles.